The van der Waals surface area contributed by atoms with Crippen molar-refractivity contribution >= 4 is 23.2 Å². The van der Waals surface area contributed by atoms with Gasteiger partial charge in [-0.15, -0.1) is 42.9 Å². The maximum atomic E-state index is 5.30. The number of unbranched alkanes of at least 4 members (excludes halogenated alkanes) is 3. The number of allylic oxidation sites excluding steroid dienone is 27. The number of fused-ring (bicyclic) bond motifs is 9. The third-order valence-electron chi connectivity index (χ3n) is 31.6. The van der Waals surface area contributed by atoms with Crippen molar-refractivity contribution < 1.29 is 0 Å². The molecule has 0 aromatic heterocycles. The van der Waals surface area contributed by atoms with E-state index in [2.05, 4.69) is 398 Å². The van der Waals surface area contributed by atoms with E-state index in [0.29, 0.717) is 105 Å². The van der Waals surface area contributed by atoms with Crippen LogP contribution in [0, 0.1) is 162 Å². The third kappa shape index (κ3) is 26.6. The van der Waals surface area contributed by atoms with Crippen LogP contribution in [-0.2, 0) is 11.8 Å². The highest BCUT2D eigenvalue weighted by Gasteiger charge is 2.62. The number of benzene rings is 3. The van der Waals surface area contributed by atoms with Crippen LogP contribution < -0.4 is 0 Å². The maximum Gasteiger partial charge on any atom is 0.112 e. The Kier molecular flexibility index (Phi) is 35.9. The van der Waals surface area contributed by atoms with Crippen LogP contribution in [-0.4, -0.2) is 4.33 Å². The van der Waals surface area contributed by atoms with E-state index in [1.165, 1.54) is 148 Å². The Bertz CT molecular complexity index is 4130. The third-order valence-corrected chi connectivity index (χ3v) is 31.6. The summed E-state index contributed by atoms with van der Waals surface area (Å²) in [6.45, 7) is 69.7. The van der Waals surface area contributed by atoms with Crippen LogP contribution in [0.5, 0.6) is 0 Å². The summed E-state index contributed by atoms with van der Waals surface area (Å²) in [6, 6.07) is 34.1. The van der Waals surface area contributed by atoms with Gasteiger partial charge in [-0.3, -0.25) is 0 Å². The minimum atomic E-state index is -0.556. The molecule has 686 valence electrons. The Balaban J connectivity index is 0.000000191. The van der Waals surface area contributed by atoms with Crippen molar-refractivity contribution in [1.29, 1.82) is 0 Å². The SMILES string of the molecule is C.C=CCCCC1CCC(C(C)(C)C2C3C=C(C)C=CC3C3C=CC(C(C)(C)C)=CC32)C1.C=CCCCC1CCC(C(C)(C)C2C3C=C(C)C=CC3C3C=CC(C(C)(C)C)=CC32)C1.C=CCCCC1CCC(C(c2ccccc2)(c2ccccc2)C2C3C=C(C)C=CC3C3C=CC(C(C)(C)C)=CC32)C1.CC(C)(C)C.CC(C)(C)Cc1ccccc1.CC(C)(Cl)Cl. The molecule has 125 heavy (non-hydrogen) atoms. The fourth-order valence-corrected chi connectivity index (χ4v) is 25.9. The fourth-order valence-electron chi connectivity index (χ4n) is 25.9. The van der Waals surface area contributed by atoms with Gasteiger partial charge in [-0.2, -0.15) is 0 Å². The van der Waals surface area contributed by atoms with E-state index in [1.807, 2.05) is 0 Å². The Morgan fingerprint density at radius 3 is 0.872 bits per heavy atom. The lowest BCUT2D eigenvalue weighted by Crippen LogP contribution is -2.47. The predicted octanol–water partition coefficient (Wildman–Crippen LogP) is 36.9. The molecule has 0 spiro atoms. The minimum Gasteiger partial charge on any atom is -0.103 e. The molecule has 6 saturated carbocycles. The molecule has 0 bridgehead atoms. The first kappa shape index (κ1) is 103. The molecule has 12 aliphatic rings. The zero-order valence-corrected chi connectivity index (χ0v) is 84.7. The van der Waals surface area contributed by atoms with Crippen LogP contribution in [0.25, 0.3) is 0 Å². The Hall–Kier alpha value is -5.66. The molecular weight excluding hydrogens is 1550 g/mol. The van der Waals surface area contributed by atoms with Gasteiger partial charge in [0.2, 0.25) is 0 Å². The molecule has 0 aliphatic heterocycles. The van der Waals surface area contributed by atoms with Gasteiger partial charge in [-0.05, 0) is 314 Å². The van der Waals surface area contributed by atoms with Gasteiger partial charge in [0.05, 0.1) is 0 Å². The highest BCUT2D eigenvalue weighted by Crippen LogP contribution is 2.68. The van der Waals surface area contributed by atoms with E-state index < -0.39 is 4.33 Å². The van der Waals surface area contributed by atoms with E-state index in [9.17, 15) is 0 Å². The van der Waals surface area contributed by atoms with Gasteiger partial charge in [0.15, 0.2) is 0 Å². The normalized spacial score (nSPS) is 30.6. The quantitative estimate of drug-likeness (QED) is 0.0566. The predicted molar refractivity (Wildman–Crippen MR) is 554 cm³/mol. The minimum absolute atomic E-state index is 0. The van der Waals surface area contributed by atoms with Crippen molar-refractivity contribution in [2.45, 2.75) is 312 Å². The van der Waals surface area contributed by atoms with Crippen LogP contribution >= 0.6 is 23.2 Å². The summed E-state index contributed by atoms with van der Waals surface area (Å²) < 4.78 is -0.556. The standard InChI is InChI=1S/C41H50.2C31H46.C11H16.C5H12.C3H6Cl2.CH4/c1-6-7-10-15-30-21-22-34(27-30)41(31-16-11-8-12-17-31,32-18-13-9-14-19-32)39-37-26-29(2)20-24-35(37)36-25-23-33(28-38(36)39)40(3,4)5;2*1-8-9-10-11-22-13-14-24(19-22)31(6,7)29-27-18-21(2)12-16-25(27)26-17-15-23(20-28(26)29)30(3,4)5;1-11(2,3)9-10-7-5-4-6-8-10;1-5(2,3)4;1-3(2,4)5;/h6,8-9,11-14,16-20,23-26,28,30,34-39H,1,7,10,15,21-22,27H2,2-5H3;2*8,12,15-18,20,22,24-29H,1,9-11,13-14,19H2,2-7H3;4-8H,9H2,1-3H3;1-4H3;1-2H3;1H4. The zero-order valence-electron chi connectivity index (χ0n) is 83.2. The van der Waals surface area contributed by atoms with Gasteiger partial charge in [-0.1, -0.05) is 420 Å². The summed E-state index contributed by atoms with van der Waals surface area (Å²) in [5.74, 6) is 14.6. The second-order valence-corrected chi connectivity index (χ2v) is 50.7. The summed E-state index contributed by atoms with van der Waals surface area (Å²) >= 11 is 10.6. The Morgan fingerprint density at radius 2 is 0.584 bits per heavy atom. The smallest absolute Gasteiger partial charge is 0.103 e. The largest absolute Gasteiger partial charge is 0.112 e. The lowest BCUT2D eigenvalue weighted by atomic mass is 9.53. The van der Waals surface area contributed by atoms with Gasteiger partial charge in [0.1, 0.15) is 4.33 Å². The summed E-state index contributed by atoms with van der Waals surface area (Å²) in [7, 11) is 0. The first-order valence-corrected chi connectivity index (χ1v) is 50.6. The van der Waals surface area contributed by atoms with E-state index in [0.717, 1.165) is 54.3 Å². The number of hydrogen-bond donors (Lipinski definition) is 0. The molecular formula is C123H180Cl2. The molecule has 0 saturated heterocycles. The van der Waals surface area contributed by atoms with E-state index in [-0.39, 0.29) is 29.1 Å². The summed E-state index contributed by atoms with van der Waals surface area (Å²) in [5.41, 5.74) is 15.7. The molecule has 3 aromatic carbocycles. The summed E-state index contributed by atoms with van der Waals surface area (Å²) in [4.78, 5) is 0. The lowest BCUT2D eigenvalue weighted by molar-refractivity contribution is 0.0717. The van der Waals surface area contributed by atoms with Crippen LogP contribution in [0.3, 0.4) is 0 Å². The zero-order chi connectivity index (χ0) is 90.7. The van der Waals surface area contributed by atoms with Gasteiger partial charge in [0.25, 0.3) is 0 Å². The van der Waals surface area contributed by atoms with E-state index in [1.54, 1.807) is 25.0 Å². The van der Waals surface area contributed by atoms with E-state index in [4.69, 9.17) is 23.2 Å². The molecule has 0 amide bonds. The highest BCUT2D eigenvalue weighted by molar-refractivity contribution is 6.47. The topological polar surface area (TPSA) is 0 Å². The fraction of sp³-hybridized carbons (Fsp3) is 0.610. The van der Waals surface area contributed by atoms with Crippen LogP contribution in [0.1, 0.15) is 313 Å². The first-order chi connectivity index (χ1) is 58.2. The molecule has 0 nitrogen and oxygen atoms in total. The number of halogens is 2. The molecule has 3 aromatic rings. The molecule has 15 rings (SSSR count). The highest BCUT2D eigenvalue weighted by atomic mass is 35.5. The molecule has 12 aliphatic carbocycles. The van der Waals surface area contributed by atoms with Crippen molar-refractivity contribution in [2.24, 2.45) is 162 Å². The van der Waals surface area contributed by atoms with Crippen molar-refractivity contribution in [2.75, 3.05) is 0 Å². The Labute approximate surface area is 780 Å². The molecule has 0 N–H and O–H groups in total. The van der Waals surface area contributed by atoms with Crippen molar-refractivity contribution in [3.8, 4) is 0 Å². The molecule has 2 heteroatoms. The van der Waals surface area contributed by atoms with Crippen LogP contribution in [0.15, 0.2) is 272 Å². The number of rotatable bonds is 21. The van der Waals surface area contributed by atoms with Crippen molar-refractivity contribution in [1.82, 2.24) is 0 Å². The summed E-state index contributed by atoms with van der Waals surface area (Å²) in [5, 5.41) is 0. The monoisotopic (exact) mass is 1730 g/mol. The second kappa shape index (κ2) is 43.6. The Morgan fingerprint density at radius 1 is 0.328 bits per heavy atom. The van der Waals surface area contributed by atoms with Gasteiger partial charge < -0.3 is 0 Å². The number of alkyl halides is 2. The molecule has 0 heterocycles. The first-order valence-electron chi connectivity index (χ1n) is 49.8. The maximum absolute atomic E-state index is 5.30. The van der Waals surface area contributed by atoms with Gasteiger partial charge >= 0.3 is 0 Å². The van der Waals surface area contributed by atoms with Crippen LogP contribution in [0.4, 0.5) is 0 Å². The van der Waals surface area contributed by atoms with Gasteiger partial charge in [-0.25, -0.2) is 0 Å². The van der Waals surface area contributed by atoms with E-state index >= 15 is 0 Å². The summed E-state index contributed by atoms with van der Waals surface area (Å²) in [6.07, 6.45) is 77.8. The molecule has 21 atom stereocenters. The lowest BCUT2D eigenvalue weighted by Gasteiger charge is -2.50. The van der Waals surface area contributed by atoms with Crippen molar-refractivity contribution in [3.63, 3.8) is 0 Å². The molecule has 21 unspecified atom stereocenters. The van der Waals surface area contributed by atoms with Gasteiger partial charge in [0, 0.05) is 5.41 Å². The number of hydrogen-bond acceptors (Lipinski definition) is 0. The molecule has 0 radical (unpaired) electrons. The van der Waals surface area contributed by atoms with Crippen molar-refractivity contribution in [3.05, 3.63) is 288 Å². The second-order valence-electron chi connectivity index (χ2n) is 48.6. The average molecular weight is 1730 g/mol. The molecule has 6 fully saturated rings. The van der Waals surface area contributed by atoms with Crippen LogP contribution in [0.2, 0.25) is 0 Å². The average Bonchev–Trinajstić information content (AvgIpc) is 1.56.